The molecule has 2 aromatic rings. The molecule has 192 valence electrons. The molecule has 1 heterocycles. The SMILES string of the molecule is CNC(=S)C(C)(C)C.O=C(O)c1ccccc1-c1c2ccc(=O)cc-2oc2cc(O)ccc12.[3H]I(C)F. The number of hydrogen-bond donors (Lipinski definition) is 3. The van der Waals surface area contributed by atoms with Crippen molar-refractivity contribution < 1.29 is 22.3 Å². The summed E-state index contributed by atoms with van der Waals surface area (Å²) in [5, 5.41) is 22.9. The number of aromatic hydroxyl groups is 1. The van der Waals surface area contributed by atoms with E-state index in [4.69, 9.17) is 17.2 Å². The zero-order valence-corrected chi connectivity index (χ0v) is 23.5. The summed E-state index contributed by atoms with van der Waals surface area (Å²) in [4.78, 5) is 25.6. The van der Waals surface area contributed by atoms with Gasteiger partial charge in [-0.25, -0.2) is 4.79 Å². The zero-order chi connectivity index (χ0) is 27.9. The topological polar surface area (TPSA) is 99.8 Å². The molecule has 1 aliphatic carbocycles. The van der Waals surface area contributed by atoms with Gasteiger partial charge in [0.05, 0.1) is 10.6 Å². The van der Waals surface area contributed by atoms with Gasteiger partial charge >= 0.3 is 35.9 Å². The summed E-state index contributed by atoms with van der Waals surface area (Å²) in [5.41, 5.74) is 2.23. The Labute approximate surface area is 226 Å². The Morgan fingerprint density at radius 2 is 1.75 bits per heavy atom. The molecule has 4 rings (SSSR count). The Balaban J connectivity index is 0.000000338. The van der Waals surface area contributed by atoms with Crippen LogP contribution in [0.1, 0.15) is 31.1 Å². The van der Waals surface area contributed by atoms with Crippen LogP contribution in [0.25, 0.3) is 33.4 Å². The number of phenols is 1. The first-order valence-electron chi connectivity index (χ1n) is 11.2. The molecule has 9 heteroatoms. The third-order valence-corrected chi connectivity index (χ3v) is 5.83. The average molecular weight is 628 g/mol. The van der Waals surface area contributed by atoms with Gasteiger partial charge in [0, 0.05) is 41.1 Å². The number of hydrogen-bond acceptors (Lipinski definition) is 5. The Morgan fingerprint density at radius 3 is 2.31 bits per heavy atom. The zero-order valence-electron chi connectivity index (χ0n) is 21.6. The number of thiocarbonyl (C=S) groups is 1. The number of halogens is 2. The van der Waals surface area contributed by atoms with Crippen LogP contribution in [0.15, 0.2) is 69.9 Å². The van der Waals surface area contributed by atoms with Crippen LogP contribution < -0.4 is 10.7 Å². The average Bonchev–Trinajstić information content (AvgIpc) is 2.81. The molecule has 0 saturated heterocycles. The standard InChI is InChI=1S/C20H12O5.C6H13NS.CH4FI/c21-11-5-7-15-17(9-11)25-18-10-12(22)6-8-16(18)19(15)13-3-1-2-4-14(13)20(23)24;1-6(2,3)5(8)7-4;1-3-2/h1-10,21H,(H,23,24);1-4H3,(H,7,8);3H,1H3/i;;3T. The number of benzene rings is 3. The van der Waals surface area contributed by atoms with Gasteiger partial charge in [-0.3, -0.25) is 4.79 Å². The number of phenolic OH excluding ortho intramolecular Hbond substituents is 1. The van der Waals surface area contributed by atoms with Crippen molar-refractivity contribution in [2.24, 2.45) is 5.41 Å². The fourth-order valence-electron chi connectivity index (χ4n) is 3.41. The Bertz CT molecular complexity index is 1430. The van der Waals surface area contributed by atoms with E-state index >= 15 is 0 Å². The monoisotopic (exact) mass is 627 g/mol. The number of aromatic carboxylic acids is 1. The predicted octanol–water partition coefficient (Wildman–Crippen LogP) is 6.75. The predicted molar refractivity (Wildman–Crippen MR) is 157 cm³/mol. The van der Waals surface area contributed by atoms with Crippen molar-refractivity contribution in [3.63, 3.8) is 0 Å². The van der Waals surface area contributed by atoms with E-state index in [0.717, 1.165) is 4.99 Å². The molecule has 0 fully saturated rings. The van der Waals surface area contributed by atoms with Crippen LogP contribution in [-0.4, -0.2) is 33.7 Å². The van der Waals surface area contributed by atoms with Crippen molar-refractivity contribution in [2.75, 3.05) is 12.0 Å². The number of fused-ring (bicyclic) bond motifs is 2. The first-order valence-corrected chi connectivity index (χ1v) is 14.2. The summed E-state index contributed by atoms with van der Waals surface area (Å²) < 4.78 is 22.7. The second kappa shape index (κ2) is 12.8. The molecule has 3 N–H and O–H groups in total. The fourth-order valence-corrected chi connectivity index (χ4v) is 3.41. The van der Waals surface area contributed by atoms with Crippen molar-refractivity contribution in [1.82, 2.24) is 5.32 Å². The van der Waals surface area contributed by atoms with Gasteiger partial charge in [0.15, 0.2) is 5.43 Å². The summed E-state index contributed by atoms with van der Waals surface area (Å²) in [6.45, 7) is 6.27. The molecule has 0 spiro atoms. The van der Waals surface area contributed by atoms with E-state index in [0.29, 0.717) is 33.4 Å². The van der Waals surface area contributed by atoms with Crippen molar-refractivity contribution in [3.05, 3.63) is 76.5 Å². The molecule has 0 radical (unpaired) electrons. The Morgan fingerprint density at radius 1 is 1.11 bits per heavy atom. The van der Waals surface area contributed by atoms with Crippen LogP contribution in [0.2, 0.25) is 0 Å². The van der Waals surface area contributed by atoms with E-state index in [1.807, 2.05) is 7.05 Å². The summed E-state index contributed by atoms with van der Waals surface area (Å²) in [6.07, 6.45) is 0. The van der Waals surface area contributed by atoms with Crippen LogP contribution in [0.3, 0.4) is 0 Å². The molecule has 0 amide bonds. The van der Waals surface area contributed by atoms with E-state index in [2.05, 4.69) is 26.1 Å². The van der Waals surface area contributed by atoms with Gasteiger partial charge in [-0.1, -0.05) is 51.2 Å². The van der Waals surface area contributed by atoms with Crippen molar-refractivity contribution in [3.8, 4) is 28.2 Å². The minimum atomic E-state index is -2.51. The quantitative estimate of drug-likeness (QED) is 0.0979. The van der Waals surface area contributed by atoms with Gasteiger partial charge in [0.2, 0.25) is 0 Å². The maximum atomic E-state index is 11.7. The normalized spacial score (nSPS) is 11.4. The van der Waals surface area contributed by atoms with Gasteiger partial charge in [-0.05, 0) is 35.9 Å². The maximum absolute atomic E-state index is 11.7. The van der Waals surface area contributed by atoms with E-state index < -0.39 is 27.5 Å². The summed E-state index contributed by atoms with van der Waals surface area (Å²) >= 11 is 2.47. The summed E-state index contributed by atoms with van der Waals surface area (Å²) in [6, 6.07) is 15.7. The number of carboxylic acids is 1. The molecule has 0 atom stereocenters. The number of carboxylic acid groups (broad SMARTS) is 1. The molecular weight excluding hydrogens is 596 g/mol. The third-order valence-electron chi connectivity index (χ3n) is 5.01. The molecule has 2 aromatic carbocycles. The second-order valence-corrected chi connectivity index (χ2v) is 9.86. The van der Waals surface area contributed by atoms with E-state index in [1.165, 1.54) is 35.3 Å². The van der Waals surface area contributed by atoms with E-state index in [-0.39, 0.29) is 22.2 Å². The molecule has 0 bridgehead atoms. The number of alkyl halides is 1. The molecule has 1 aliphatic heterocycles. The molecule has 6 nitrogen and oxygen atoms in total. The van der Waals surface area contributed by atoms with Crippen LogP contribution in [0.4, 0.5) is 2.86 Å². The summed E-state index contributed by atoms with van der Waals surface area (Å²) in [5.74, 6) is -0.691. The Hall–Kier alpha value is -3.05. The molecule has 36 heavy (non-hydrogen) atoms. The molecule has 2 aliphatic rings. The molecule has 0 saturated carbocycles. The third kappa shape index (κ3) is 7.23. The molecular formula is C27H29FINO5S. The van der Waals surface area contributed by atoms with Crippen molar-refractivity contribution >= 4 is 55.7 Å². The van der Waals surface area contributed by atoms with Crippen molar-refractivity contribution in [2.45, 2.75) is 20.8 Å². The number of nitrogens with one attached hydrogen (secondary N) is 1. The first-order chi connectivity index (χ1) is 17.3. The minimum absolute atomic E-state index is 0.0198. The van der Waals surface area contributed by atoms with Crippen LogP contribution in [0, 0.1) is 5.41 Å². The van der Waals surface area contributed by atoms with Crippen LogP contribution in [-0.2, 0) is 0 Å². The molecule has 0 unspecified atom stereocenters. The van der Waals surface area contributed by atoms with Gasteiger partial charge in [0.25, 0.3) is 0 Å². The second-order valence-electron chi connectivity index (χ2n) is 8.64. The summed E-state index contributed by atoms with van der Waals surface area (Å²) in [7, 11) is 1.85. The fraction of sp³-hybridized carbons (Fsp3) is 0.222. The van der Waals surface area contributed by atoms with E-state index in [9.17, 15) is 22.7 Å². The molecule has 0 aromatic heterocycles. The number of carbonyl (C=O) groups is 1. The van der Waals surface area contributed by atoms with Gasteiger partial charge < -0.3 is 19.9 Å². The van der Waals surface area contributed by atoms with Crippen LogP contribution in [0.5, 0.6) is 5.75 Å². The number of rotatable bonds is 2. The van der Waals surface area contributed by atoms with Crippen LogP contribution >= 0.6 is 33.8 Å². The van der Waals surface area contributed by atoms with Crippen molar-refractivity contribution in [1.29, 1.82) is 0.594 Å². The van der Waals surface area contributed by atoms with Gasteiger partial charge in [-0.15, -0.1) is 0 Å². The Kier molecular flexibility index (Phi) is 9.77. The first kappa shape index (κ1) is 27.5. The van der Waals surface area contributed by atoms with Gasteiger partial charge in [0.1, 0.15) is 17.1 Å². The van der Waals surface area contributed by atoms with Gasteiger partial charge in [-0.2, -0.15) is 0 Å². The van der Waals surface area contributed by atoms with E-state index in [1.54, 1.807) is 30.3 Å².